The number of anilines is 2. The third-order valence-corrected chi connectivity index (χ3v) is 10.9. The van der Waals surface area contributed by atoms with Gasteiger partial charge >= 0.3 is 11.9 Å². The summed E-state index contributed by atoms with van der Waals surface area (Å²) in [7, 11) is 0. The third kappa shape index (κ3) is 7.89. The summed E-state index contributed by atoms with van der Waals surface area (Å²) >= 11 is 2.87. The predicted molar refractivity (Wildman–Crippen MR) is 172 cm³/mol. The first-order valence-electron chi connectivity index (χ1n) is 15.0. The molecule has 4 rings (SSSR count). The Morgan fingerprint density at radius 1 is 1.09 bits per heavy atom. The molecule has 2 aliphatic carbocycles. The number of amides is 2. The first kappa shape index (κ1) is 32.8. The number of thioether (sulfide) groups is 1. The van der Waals surface area contributed by atoms with Gasteiger partial charge in [-0.05, 0) is 80.5 Å². The Bertz CT molecular complexity index is 1390. The van der Waals surface area contributed by atoms with Crippen molar-refractivity contribution in [3.63, 3.8) is 0 Å². The molecular formula is C33H42N2O6S2. The minimum Gasteiger partial charge on any atom is -0.481 e. The molecule has 8 nitrogen and oxygen atoms in total. The molecule has 2 aliphatic rings. The number of ether oxygens (including phenoxy) is 1. The number of aliphatic carboxylic acids is 1. The van der Waals surface area contributed by atoms with Crippen molar-refractivity contribution in [2.45, 2.75) is 83.3 Å². The fourth-order valence-corrected chi connectivity index (χ4v) is 8.10. The number of thiophene rings is 1. The minimum atomic E-state index is -0.975. The monoisotopic (exact) mass is 626 g/mol. The molecule has 2 amide bonds. The van der Waals surface area contributed by atoms with Crippen molar-refractivity contribution in [2.75, 3.05) is 17.2 Å². The lowest BCUT2D eigenvalue weighted by atomic mass is 9.72. The highest BCUT2D eigenvalue weighted by atomic mass is 32.2. The van der Waals surface area contributed by atoms with Crippen LogP contribution in [0.3, 0.4) is 0 Å². The van der Waals surface area contributed by atoms with Gasteiger partial charge in [-0.1, -0.05) is 45.9 Å². The molecule has 1 heterocycles. The van der Waals surface area contributed by atoms with E-state index < -0.39 is 29.0 Å². The van der Waals surface area contributed by atoms with Gasteiger partial charge in [0.15, 0.2) is 0 Å². The van der Waals surface area contributed by atoms with E-state index in [-0.39, 0.29) is 23.8 Å². The van der Waals surface area contributed by atoms with Crippen LogP contribution >= 0.6 is 23.1 Å². The van der Waals surface area contributed by atoms with Crippen molar-refractivity contribution >= 4 is 57.5 Å². The molecule has 10 heteroatoms. The van der Waals surface area contributed by atoms with E-state index in [1.165, 1.54) is 23.1 Å². The quantitative estimate of drug-likeness (QED) is 0.145. The van der Waals surface area contributed by atoms with E-state index in [4.69, 9.17) is 4.74 Å². The number of allylic oxidation sites excluding steroid dienone is 2. The van der Waals surface area contributed by atoms with Gasteiger partial charge in [-0.3, -0.25) is 14.4 Å². The molecule has 232 valence electrons. The number of fused-ring (bicyclic) bond motifs is 1. The van der Waals surface area contributed by atoms with Crippen LogP contribution in [0.15, 0.2) is 41.3 Å². The number of rotatable bonds is 10. The van der Waals surface area contributed by atoms with Crippen LogP contribution in [0.5, 0.6) is 0 Å². The smallest absolute Gasteiger partial charge is 0.341 e. The number of hydrogen-bond donors (Lipinski definition) is 3. The fraction of sp³-hybridized carbons (Fsp3) is 0.515. The summed E-state index contributed by atoms with van der Waals surface area (Å²) < 4.78 is 5.40. The van der Waals surface area contributed by atoms with Crippen molar-refractivity contribution in [3.05, 3.63) is 52.4 Å². The molecule has 4 unspecified atom stereocenters. The van der Waals surface area contributed by atoms with Gasteiger partial charge in [0.05, 0.1) is 29.3 Å². The molecule has 0 saturated carbocycles. The Hall–Kier alpha value is -3.11. The van der Waals surface area contributed by atoms with Crippen LogP contribution in [0, 0.1) is 23.2 Å². The van der Waals surface area contributed by atoms with Gasteiger partial charge < -0.3 is 20.5 Å². The van der Waals surface area contributed by atoms with E-state index in [1.807, 2.05) is 19.1 Å². The lowest BCUT2D eigenvalue weighted by molar-refractivity contribution is -0.146. The largest absolute Gasteiger partial charge is 0.481 e. The van der Waals surface area contributed by atoms with Gasteiger partial charge in [-0.2, -0.15) is 0 Å². The second kappa shape index (κ2) is 14.1. The average molecular weight is 627 g/mol. The van der Waals surface area contributed by atoms with Crippen LogP contribution in [-0.2, 0) is 32.0 Å². The maximum atomic E-state index is 13.6. The van der Waals surface area contributed by atoms with E-state index in [2.05, 4.69) is 31.4 Å². The lowest BCUT2D eigenvalue weighted by Crippen LogP contribution is -2.34. The molecule has 0 aliphatic heterocycles. The van der Waals surface area contributed by atoms with E-state index in [0.29, 0.717) is 41.4 Å². The van der Waals surface area contributed by atoms with E-state index >= 15 is 0 Å². The Morgan fingerprint density at radius 3 is 2.47 bits per heavy atom. The van der Waals surface area contributed by atoms with Gasteiger partial charge in [0, 0.05) is 15.5 Å². The van der Waals surface area contributed by atoms with Crippen LogP contribution < -0.4 is 10.6 Å². The van der Waals surface area contributed by atoms with Crippen LogP contribution in [0.25, 0.3) is 0 Å². The van der Waals surface area contributed by atoms with Gasteiger partial charge in [0.2, 0.25) is 11.8 Å². The lowest BCUT2D eigenvalue weighted by Gasteiger charge is -2.33. The van der Waals surface area contributed by atoms with Crippen molar-refractivity contribution in [3.8, 4) is 0 Å². The van der Waals surface area contributed by atoms with Crippen LogP contribution in [0.2, 0.25) is 0 Å². The summed E-state index contributed by atoms with van der Waals surface area (Å²) in [6.07, 6.45) is 7.56. The SMILES string of the molecule is CCOC(=O)c1c(NC(=O)C(CC)Sc2cccc(NC(=O)C3CC=CCC3C(=O)O)c2)sc2c1CCC(C(C)(C)C)C2. The molecule has 1 aromatic carbocycles. The zero-order chi connectivity index (χ0) is 31.3. The number of nitrogens with one attached hydrogen (secondary N) is 2. The number of carbonyl (C=O) groups excluding carboxylic acids is 3. The summed E-state index contributed by atoms with van der Waals surface area (Å²) in [6.45, 7) is 10.7. The Labute approximate surface area is 262 Å². The molecule has 0 bridgehead atoms. The van der Waals surface area contributed by atoms with Gasteiger partial charge in [-0.25, -0.2) is 4.79 Å². The van der Waals surface area contributed by atoms with Gasteiger partial charge in [0.1, 0.15) is 5.00 Å². The van der Waals surface area contributed by atoms with Gasteiger partial charge in [0.25, 0.3) is 0 Å². The number of hydrogen-bond acceptors (Lipinski definition) is 7. The third-order valence-electron chi connectivity index (χ3n) is 8.34. The van der Waals surface area contributed by atoms with E-state index in [1.54, 1.807) is 31.2 Å². The highest BCUT2D eigenvalue weighted by Gasteiger charge is 2.36. The fourth-order valence-electron chi connectivity index (χ4n) is 5.77. The molecule has 0 saturated heterocycles. The van der Waals surface area contributed by atoms with Crippen LogP contribution in [-0.4, -0.2) is 40.7 Å². The first-order valence-corrected chi connectivity index (χ1v) is 16.7. The Morgan fingerprint density at radius 2 is 1.81 bits per heavy atom. The molecule has 0 fully saturated rings. The summed E-state index contributed by atoms with van der Waals surface area (Å²) in [5, 5.41) is 15.6. The summed E-state index contributed by atoms with van der Waals surface area (Å²) in [6, 6.07) is 7.23. The topological polar surface area (TPSA) is 122 Å². The molecule has 4 atom stereocenters. The maximum absolute atomic E-state index is 13.6. The van der Waals surface area contributed by atoms with E-state index in [0.717, 1.165) is 34.6 Å². The average Bonchev–Trinajstić information content (AvgIpc) is 3.32. The standard InChI is InChI=1S/C33H42N2O6S2/c1-6-25(42-21-12-10-11-20(18-21)34-28(36)22-13-8-9-14-23(22)31(38)39)29(37)35-30-27(32(40)41-7-2)24-16-15-19(33(3,4)5)17-26(24)43-30/h8-12,18-19,22-23,25H,6-7,13-17H2,1-5H3,(H,34,36)(H,35,37)(H,38,39). The number of carboxylic acid groups (broad SMARTS) is 1. The number of esters is 1. The Balaban J connectivity index is 1.48. The minimum absolute atomic E-state index is 0.151. The Kier molecular flexibility index (Phi) is 10.8. The summed E-state index contributed by atoms with van der Waals surface area (Å²) in [5.41, 5.74) is 2.19. The van der Waals surface area contributed by atoms with E-state index in [9.17, 15) is 24.3 Å². The van der Waals surface area contributed by atoms with Crippen molar-refractivity contribution < 1.29 is 29.0 Å². The number of carbonyl (C=O) groups is 4. The maximum Gasteiger partial charge on any atom is 0.341 e. The molecular weight excluding hydrogens is 585 g/mol. The predicted octanol–water partition coefficient (Wildman–Crippen LogP) is 7.19. The van der Waals surface area contributed by atoms with Crippen molar-refractivity contribution in [1.82, 2.24) is 0 Å². The normalized spacial score (nSPS) is 20.5. The zero-order valence-electron chi connectivity index (χ0n) is 25.5. The molecule has 1 aromatic heterocycles. The molecule has 2 aromatic rings. The second-order valence-electron chi connectivity index (χ2n) is 12.2. The second-order valence-corrected chi connectivity index (χ2v) is 14.6. The summed E-state index contributed by atoms with van der Waals surface area (Å²) in [5.74, 6) is -2.80. The van der Waals surface area contributed by atoms with Gasteiger partial charge in [-0.15, -0.1) is 23.1 Å². The summed E-state index contributed by atoms with van der Waals surface area (Å²) in [4.78, 5) is 53.2. The highest BCUT2D eigenvalue weighted by molar-refractivity contribution is 8.00. The van der Waals surface area contributed by atoms with Crippen LogP contribution in [0.4, 0.5) is 10.7 Å². The number of benzene rings is 1. The molecule has 43 heavy (non-hydrogen) atoms. The molecule has 3 N–H and O–H groups in total. The van der Waals surface area contributed by atoms with Crippen LogP contribution in [0.1, 0.15) is 81.1 Å². The first-order chi connectivity index (χ1) is 20.4. The van der Waals surface area contributed by atoms with Crippen molar-refractivity contribution in [2.24, 2.45) is 23.2 Å². The molecule has 0 radical (unpaired) electrons. The van der Waals surface area contributed by atoms with Crippen molar-refractivity contribution in [1.29, 1.82) is 0 Å². The molecule has 0 spiro atoms. The highest BCUT2D eigenvalue weighted by Crippen LogP contribution is 2.45. The number of carboxylic acids is 1. The zero-order valence-corrected chi connectivity index (χ0v) is 27.2.